The summed E-state index contributed by atoms with van der Waals surface area (Å²) in [6.45, 7) is 1.57. The third-order valence-corrected chi connectivity index (χ3v) is 4.38. The second-order valence-electron chi connectivity index (χ2n) is 4.64. The van der Waals surface area contributed by atoms with E-state index in [2.05, 4.69) is 48.8 Å². The zero-order chi connectivity index (χ0) is 12.4. The fraction of sp³-hybridized carbons (Fsp3) is 0.583. The predicted octanol–water partition coefficient (Wildman–Crippen LogP) is 2.78. The summed E-state index contributed by atoms with van der Waals surface area (Å²) in [6, 6.07) is 2.53. The molecule has 0 aromatic carbocycles. The van der Waals surface area contributed by atoms with Crippen LogP contribution in [0.2, 0.25) is 0 Å². The second kappa shape index (κ2) is 5.78. The molecule has 2 N–H and O–H groups in total. The van der Waals surface area contributed by atoms with Crippen LogP contribution in [0.4, 0.5) is 0 Å². The van der Waals surface area contributed by atoms with Gasteiger partial charge < -0.3 is 5.73 Å². The van der Waals surface area contributed by atoms with Crippen molar-refractivity contribution in [3.8, 4) is 0 Å². The Hall–Kier alpha value is 0.0300. The molecule has 94 valence electrons. The summed E-state index contributed by atoms with van der Waals surface area (Å²) in [5, 5.41) is 0. The smallest absolute Gasteiger partial charge is 0.0686 e. The monoisotopic (exact) mass is 361 g/mol. The molecule has 1 aliphatic carbocycles. The van der Waals surface area contributed by atoms with Gasteiger partial charge in [-0.15, -0.1) is 0 Å². The Morgan fingerprint density at radius 2 is 2.24 bits per heavy atom. The van der Waals surface area contributed by atoms with Crippen LogP contribution in [0, 0.1) is 5.92 Å². The van der Waals surface area contributed by atoms with Gasteiger partial charge in [0.2, 0.25) is 0 Å². The minimum atomic E-state index is 0.493. The molecule has 1 atom stereocenters. The summed E-state index contributed by atoms with van der Waals surface area (Å²) < 4.78 is 2.04. The van der Waals surface area contributed by atoms with Gasteiger partial charge in [-0.05, 0) is 63.7 Å². The molecule has 3 nitrogen and oxygen atoms in total. The number of aromatic nitrogens is 1. The quantitative estimate of drug-likeness (QED) is 0.875. The van der Waals surface area contributed by atoms with E-state index in [0.717, 1.165) is 33.6 Å². The van der Waals surface area contributed by atoms with Gasteiger partial charge in [0.15, 0.2) is 0 Å². The Labute approximate surface area is 119 Å². The molecule has 1 aliphatic rings. The first-order valence-electron chi connectivity index (χ1n) is 5.82. The van der Waals surface area contributed by atoms with Crippen molar-refractivity contribution >= 4 is 31.9 Å². The maximum Gasteiger partial charge on any atom is 0.0686 e. The van der Waals surface area contributed by atoms with Crippen LogP contribution in [0.3, 0.4) is 0 Å². The summed E-state index contributed by atoms with van der Waals surface area (Å²) in [6.07, 6.45) is 4.48. The van der Waals surface area contributed by atoms with E-state index in [0.29, 0.717) is 6.04 Å². The first kappa shape index (κ1) is 13.5. The van der Waals surface area contributed by atoms with Gasteiger partial charge >= 0.3 is 0 Å². The van der Waals surface area contributed by atoms with Crippen LogP contribution in [-0.2, 0) is 6.54 Å². The third-order valence-electron chi connectivity index (χ3n) is 3.26. The summed E-state index contributed by atoms with van der Waals surface area (Å²) >= 11 is 6.96. The lowest BCUT2D eigenvalue weighted by Gasteiger charge is -2.26. The van der Waals surface area contributed by atoms with Crippen molar-refractivity contribution in [3.05, 3.63) is 26.9 Å². The highest BCUT2D eigenvalue weighted by Crippen LogP contribution is 2.35. The average molecular weight is 363 g/mol. The number of hydrogen-bond acceptors (Lipinski definition) is 3. The van der Waals surface area contributed by atoms with Crippen molar-refractivity contribution in [1.29, 1.82) is 0 Å². The van der Waals surface area contributed by atoms with Gasteiger partial charge in [-0.3, -0.25) is 9.88 Å². The van der Waals surface area contributed by atoms with E-state index >= 15 is 0 Å². The molecule has 2 rings (SSSR count). The van der Waals surface area contributed by atoms with Crippen LogP contribution in [0.1, 0.15) is 18.5 Å². The molecular weight excluding hydrogens is 346 g/mol. The molecule has 0 spiro atoms. The number of hydrogen-bond donors (Lipinski definition) is 1. The first-order valence-corrected chi connectivity index (χ1v) is 7.40. The molecule has 1 aromatic heterocycles. The van der Waals surface area contributed by atoms with Gasteiger partial charge in [0.1, 0.15) is 0 Å². The van der Waals surface area contributed by atoms with Crippen LogP contribution < -0.4 is 5.73 Å². The van der Waals surface area contributed by atoms with Crippen molar-refractivity contribution in [2.24, 2.45) is 11.7 Å². The average Bonchev–Trinajstić information content (AvgIpc) is 3.08. The number of halogens is 2. The molecule has 5 heteroatoms. The van der Waals surface area contributed by atoms with E-state index in [9.17, 15) is 0 Å². The molecular formula is C12H17Br2N3. The topological polar surface area (TPSA) is 42.2 Å². The van der Waals surface area contributed by atoms with E-state index < -0.39 is 0 Å². The largest absolute Gasteiger partial charge is 0.329 e. The van der Waals surface area contributed by atoms with Gasteiger partial charge in [-0.1, -0.05) is 0 Å². The Morgan fingerprint density at radius 1 is 1.53 bits per heavy atom. The van der Waals surface area contributed by atoms with E-state index in [1.165, 1.54) is 12.8 Å². The van der Waals surface area contributed by atoms with Gasteiger partial charge in [0.25, 0.3) is 0 Å². The van der Waals surface area contributed by atoms with Crippen molar-refractivity contribution in [3.63, 3.8) is 0 Å². The van der Waals surface area contributed by atoms with E-state index in [-0.39, 0.29) is 0 Å². The number of pyridine rings is 1. The van der Waals surface area contributed by atoms with Crippen molar-refractivity contribution < 1.29 is 0 Å². The summed E-state index contributed by atoms with van der Waals surface area (Å²) in [5.74, 6) is 0.791. The molecule has 1 saturated carbocycles. The van der Waals surface area contributed by atoms with Gasteiger partial charge in [-0.2, -0.15) is 0 Å². The minimum absolute atomic E-state index is 0.493. The number of likely N-dealkylation sites (N-methyl/N-ethyl adjacent to an activating group) is 1. The van der Waals surface area contributed by atoms with E-state index in [4.69, 9.17) is 5.73 Å². The Balaban J connectivity index is 2.03. The number of nitrogens with zero attached hydrogens (tertiary/aromatic N) is 2. The molecule has 0 bridgehead atoms. The molecule has 0 saturated heterocycles. The Kier molecular flexibility index (Phi) is 4.58. The maximum atomic E-state index is 5.85. The zero-order valence-corrected chi connectivity index (χ0v) is 13.0. The summed E-state index contributed by atoms with van der Waals surface area (Å²) in [4.78, 5) is 6.76. The van der Waals surface area contributed by atoms with Crippen molar-refractivity contribution in [2.45, 2.75) is 25.4 Å². The van der Waals surface area contributed by atoms with Crippen LogP contribution in [-0.4, -0.2) is 29.5 Å². The van der Waals surface area contributed by atoms with Gasteiger partial charge in [-0.25, -0.2) is 0 Å². The number of rotatable bonds is 5. The molecule has 1 fully saturated rings. The third kappa shape index (κ3) is 3.50. The molecule has 1 heterocycles. The van der Waals surface area contributed by atoms with E-state index in [1.807, 2.05) is 12.3 Å². The van der Waals surface area contributed by atoms with Crippen LogP contribution in [0.5, 0.6) is 0 Å². The van der Waals surface area contributed by atoms with Crippen molar-refractivity contribution in [1.82, 2.24) is 9.88 Å². The van der Waals surface area contributed by atoms with Crippen LogP contribution in [0.25, 0.3) is 0 Å². The Morgan fingerprint density at radius 3 is 2.76 bits per heavy atom. The fourth-order valence-corrected chi connectivity index (χ4v) is 3.24. The lowest BCUT2D eigenvalue weighted by atomic mass is 10.1. The SMILES string of the molecule is CN(Cc1ncc(Br)cc1Br)C(CN)C1CC1. The lowest BCUT2D eigenvalue weighted by molar-refractivity contribution is 0.213. The molecule has 1 unspecified atom stereocenters. The highest BCUT2D eigenvalue weighted by molar-refractivity contribution is 9.11. The van der Waals surface area contributed by atoms with Crippen molar-refractivity contribution in [2.75, 3.05) is 13.6 Å². The minimum Gasteiger partial charge on any atom is -0.329 e. The zero-order valence-electron chi connectivity index (χ0n) is 9.87. The molecule has 0 amide bonds. The molecule has 1 aromatic rings. The normalized spacial score (nSPS) is 17.5. The number of nitrogens with two attached hydrogens (primary N) is 1. The molecule has 17 heavy (non-hydrogen) atoms. The van der Waals surface area contributed by atoms with Crippen LogP contribution >= 0.6 is 31.9 Å². The summed E-state index contributed by atoms with van der Waals surface area (Å²) in [5.41, 5.74) is 6.91. The second-order valence-corrected chi connectivity index (χ2v) is 6.41. The highest BCUT2D eigenvalue weighted by Gasteiger charge is 2.32. The van der Waals surface area contributed by atoms with Gasteiger partial charge in [0, 0.05) is 34.3 Å². The van der Waals surface area contributed by atoms with Gasteiger partial charge in [0.05, 0.1) is 5.69 Å². The lowest BCUT2D eigenvalue weighted by Crippen LogP contribution is -2.39. The Bertz CT molecular complexity index is 393. The predicted molar refractivity (Wildman–Crippen MR) is 76.7 cm³/mol. The molecule has 0 radical (unpaired) electrons. The summed E-state index contributed by atoms with van der Waals surface area (Å²) in [7, 11) is 2.13. The first-order chi connectivity index (χ1) is 8.11. The van der Waals surface area contributed by atoms with E-state index in [1.54, 1.807) is 0 Å². The molecule has 0 aliphatic heterocycles. The standard InChI is InChI=1S/C12H17Br2N3/c1-17(12(5-15)8-2-3-8)7-11-10(14)4-9(13)6-16-11/h4,6,8,12H,2-3,5,7,15H2,1H3. The fourth-order valence-electron chi connectivity index (χ4n) is 2.13. The highest BCUT2D eigenvalue weighted by atomic mass is 79.9. The van der Waals surface area contributed by atoms with Crippen LogP contribution in [0.15, 0.2) is 21.2 Å². The maximum absolute atomic E-state index is 5.85.